The number of rotatable bonds is 49. The van der Waals surface area contributed by atoms with E-state index in [9.17, 15) is 19.4 Å². The molecular formula is C51H106N2O6P+. The minimum atomic E-state index is -4.31. The smallest absolute Gasteiger partial charge is 0.391 e. The van der Waals surface area contributed by atoms with Crippen molar-refractivity contribution in [2.75, 3.05) is 40.9 Å². The fourth-order valence-corrected chi connectivity index (χ4v) is 8.90. The van der Waals surface area contributed by atoms with Crippen LogP contribution in [0.5, 0.6) is 0 Å². The molecule has 3 unspecified atom stereocenters. The molecule has 0 spiro atoms. The van der Waals surface area contributed by atoms with Crippen molar-refractivity contribution in [1.29, 1.82) is 0 Å². The standard InChI is InChI=1S/C51H105N2O6P/c1-6-8-10-12-14-16-18-20-22-23-24-25-26-27-28-29-31-32-34-36-38-40-42-44-50(54)49(48-59-60(56,57)58-47-46-53(3,4)5)52-51(55)45-43-41-39-37-35-33-30-21-19-17-15-13-11-9-7-2/h49-50,54H,6-48H2,1-5H3,(H-,52,55,56,57)/p+1. The van der Waals surface area contributed by atoms with Gasteiger partial charge in [0.05, 0.1) is 39.9 Å². The average molecular weight is 874 g/mol. The van der Waals surface area contributed by atoms with Gasteiger partial charge in [-0.1, -0.05) is 251 Å². The molecule has 0 aliphatic rings. The Morgan fingerprint density at radius 2 is 0.800 bits per heavy atom. The maximum atomic E-state index is 12.9. The third kappa shape index (κ3) is 45.5. The molecule has 0 saturated carbocycles. The molecule has 8 nitrogen and oxygen atoms in total. The van der Waals surface area contributed by atoms with Gasteiger partial charge >= 0.3 is 7.82 Å². The number of carbonyl (C=O) groups excluding carboxylic acids is 1. The Morgan fingerprint density at radius 1 is 0.500 bits per heavy atom. The van der Waals surface area contributed by atoms with Crippen LogP contribution in [0, 0.1) is 0 Å². The molecule has 0 rings (SSSR count). The number of amides is 1. The lowest BCUT2D eigenvalue weighted by molar-refractivity contribution is -0.870. The number of nitrogens with zero attached hydrogens (tertiary/aromatic N) is 1. The van der Waals surface area contributed by atoms with E-state index in [-0.39, 0.29) is 19.1 Å². The van der Waals surface area contributed by atoms with Crippen LogP contribution in [0.4, 0.5) is 0 Å². The molecule has 3 N–H and O–H groups in total. The van der Waals surface area contributed by atoms with E-state index in [1.807, 2.05) is 21.1 Å². The molecule has 9 heteroatoms. The molecule has 3 atom stereocenters. The molecule has 0 heterocycles. The molecule has 0 radical (unpaired) electrons. The third-order valence-electron chi connectivity index (χ3n) is 12.4. The van der Waals surface area contributed by atoms with Crippen molar-refractivity contribution in [3.05, 3.63) is 0 Å². The molecule has 60 heavy (non-hydrogen) atoms. The molecule has 1 amide bonds. The van der Waals surface area contributed by atoms with E-state index in [4.69, 9.17) is 9.05 Å². The summed E-state index contributed by atoms with van der Waals surface area (Å²) in [7, 11) is 1.63. The Bertz CT molecular complexity index is 947. The topological polar surface area (TPSA) is 105 Å². The largest absolute Gasteiger partial charge is 0.472 e. The maximum absolute atomic E-state index is 12.9. The second-order valence-corrected chi connectivity index (χ2v) is 21.1. The summed E-state index contributed by atoms with van der Waals surface area (Å²) in [4.78, 5) is 23.2. The molecule has 0 aromatic carbocycles. The van der Waals surface area contributed by atoms with E-state index in [1.165, 1.54) is 205 Å². The number of aliphatic hydroxyl groups excluding tert-OH is 1. The molecule has 0 saturated heterocycles. The normalized spacial score (nSPS) is 14.1. The number of quaternary nitrogens is 1. The van der Waals surface area contributed by atoms with Crippen LogP contribution in [0.3, 0.4) is 0 Å². The predicted molar refractivity (Wildman–Crippen MR) is 259 cm³/mol. The van der Waals surface area contributed by atoms with E-state index in [0.29, 0.717) is 23.9 Å². The number of nitrogens with one attached hydrogen (secondary N) is 1. The lowest BCUT2D eigenvalue weighted by Crippen LogP contribution is -2.46. The highest BCUT2D eigenvalue weighted by atomic mass is 31.2. The third-order valence-corrected chi connectivity index (χ3v) is 13.3. The van der Waals surface area contributed by atoms with Gasteiger partial charge in [-0.2, -0.15) is 0 Å². The van der Waals surface area contributed by atoms with Gasteiger partial charge in [0.2, 0.25) is 5.91 Å². The van der Waals surface area contributed by atoms with Crippen LogP contribution in [0.25, 0.3) is 0 Å². The first-order chi connectivity index (χ1) is 29.0. The number of hydrogen-bond acceptors (Lipinski definition) is 5. The zero-order valence-electron chi connectivity index (χ0n) is 41.0. The number of likely N-dealkylation sites (N-methyl/N-ethyl adjacent to an activating group) is 1. The number of phosphoric ester groups is 1. The first-order valence-corrected chi connectivity index (χ1v) is 27.9. The fraction of sp³-hybridized carbons (Fsp3) is 0.980. The van der Waals surface area contributed by atoms with Crippen LogP contribution in [-0.4, -0.2) is 73.4 Å². The maximum Gasteiger partial charge on any atom is 0.472 e. The van der Waals surface area contributed by atoms with Crippen LogP contribution < -0.4 is 5.32 Å². The van der Waals surface area contributed by atoms with Crippen LogP contribution in [0.2, 0.25) is 0 Å². The van der Waals surface area contributed by atoms with Gasteiger partial charge < -0.3 is 19.8 Å². The Morgan fingerprint density at radius 3 is 1.12 bits per heavy atom. The minimum Gasteiger partial charge on any atom is -0.391 e. The molecule has 0 fully saturated rings. The van der Waals surface area contributed by atoms with Gasteiger partial charge in [-0.05, 0) is 12.8 Å². The first-order valence-electron chi connectivity index (χ1n) is 26.4. The van der Waals surface area contributed by atoms with E-state index < -0.39 is 20.0 Å². The minimum absolute atomic E-state index is 0.0789. The summed E-state index contributed by atoms with van der Waals surface area (Å²) in [6.07, 6.45) is 50.0. The van der Waals surface area contributed by atoms with Gasteiger partial charge in [-0.3, -0.25) is 13.8 Å². The molecule has 0 bridgehead atoms. The zero-order valence-corrected chi connectivity index (χ0v) is 41.9. The fourth-order valence-electron chi connectivity index (χ4n) is 8.17. The summed E-state index contributed by atoms with van der Waals surface area (Å²) in [5.74, 6) is -0.139. The van der Waals surface area contributed by atoms with Crippen molar-refractivity contribution >= 4 is 13.7 Å². The van der Waals surface area contributed by atoms with Crippen molar-refractivity contribution in [3.8, 4) is 0 Å². The summed E-state index contributed by atoms with van der Waals surface area (Å²) in [6.45, 7) is 4.93. The molecule has 0 aromatic rings. The van der Waals surface area contributed by atoms with Crippen molar-refractivity contribution in [1.82, 2.24) is 5.32 Å². The summed E-state index contributed by atoms with van der Waals surface area (Å²) in [5, 5.41) is 14.0. The summed E-state index contributed by atoms with van der Waals surface area (Å²) in [5.41, 5.74) is 0. The first kappa shape index (κ1) is 59.5. The van der Waals surface area contributed by atoms with Crippen LogP contribution >= 0.6 is 7.82 Å². The summed E-state index contributed by atoms with van der Waals surface area (Å²) in [6, 6.07) is -0.754. The average Bonchev–Trinajstić information content (AvgIpc) is 3.20. The van der Waals surface area contributed by atoms with E-state index in [2.05, 4.69) is 19.2 Å². The predicted octanol–water partition coefficient (Wildman–Crippen LogP) is 15.3. The highest BCUT2D eigenvalue weighted by Gasteiger charge is 2.28. The molecule has 0 aliphatic carbocycles. The van der Waals surface area contributed by atoms with E-state index >= 15 is 0 Å². The Balaban J connectivity index is 4.17. The summed E-state index contributed by atoms with van der Waals surface area (Å²) >= 11 is 0. The second-order valence-electron chi connectivity index (χ2n) is 19.6. The van der Waals surface area contributed by atoms with Crippen molar-refractivity contribution in [2.45, 2.75) is 283 Å². The van der Waals surface area contributed by atoms with Gasteiger partial charge in [0.1, 0.15) is 13.2 Å². The highest BCUT2D eigenvalue weighted by molar-refractivity contribution is 7.47. The van der Waals surface area contributed by atoms with E-state index in [1.54, 1.807) is 0 Å². The number of aliphatic hydroxyl groups is 1. The number of unbranched alkanes of at least 4 members (excludes halogenated alkanes) is 36. The zero-order chi connectivity index (χ0) is 44.3. The summed E-state index contributed by atoms with van der Waals surface area (Å²) < 4.78 is 23.7. The van der Waals surface area contributed by atoms with Gasteiger partial charge in [0, 0.05) is 6.42 Å². The SMILES string of the molecule is CCCCCCCCCCCCCCCCCCCCCCCCCC(O)C(COP(=O)(O)OCC[N+](C)(C)C)NC(=O)CCCCCCCCCCCCCCCCC. The van der Waals surface area contributed by atoms with Crippen molar-refractivity contribution in [3.63, 3.8) is 0 Å². The van der Waals surface area contributed by atoms with Gasteiger partial charge in [-0.15, -0.1) is 0 Å². The molecule has 0 aromatic heterocycles. The second kappa shape index (κ2) is 43.7. The highest BCUT2D eigenvalue weighted by Crippen LogP contribution is 2.43. The number of carbonyl (C=O) groups is 1. The van der Waals surface area contributed by atoms with Gasteiger partial charge in [0.15, 0.2) is 0 Å². The number of phosphoric acid groups is 1. The molecular weight excluding hydrogens is 768 g/mol. The Labute approximate surface area is 374 Å². The lowest BCUT2D eigenvalue weighted by atomic mass is 10.0. The molecule has 360 valence electrons. The number of hydrogen-bond donors (Lipinski definition) is 3. The quantitative estimate of drug-likeness (QED) is 0.0319. The van der Waals surface area contributed by atoms with Crippen molar-refractivity contribution < 1.29 is 32.9 Å². The van der Waals surface area contributed by atoms with Crippen LogP contribution in [0.15, 0.2) is 0 Å². The molecule has 0 aliphatic heterocycles. The van der Waals surface area contributed by atoms with Crippen LogP contribution in [0.1, 0.15) is 271 Å². The van der Waals surface area contributed by atoms with Crippen LogP contribution in [-0.2, 0) is 18.4 Å². The Kier molecular flexibility index (Phi) is 43.4. The monoisotopic (exact) mass is 874 g/mol. The van der Waals surface area contributed by atoms with Gasteiger partial charge in [-0.25, -0.2) is 4.57 Å². The lowest BCUT2D eigenvalue weighted by Gasteiger charge is -2.26. The van der Waals surface area contributed by atoms with Crippen molar-refractivity contribution in [2.24, 2.45) is 0 Å². The van der Waals surface area contributed by atoms with Gasteiger partial charge in [0.25, 0.3) is 0 Å². The Hall–Kier alpha value is -0.500. The van der Waals surface area contributed by atoms with E-state index in [0.717, 1.165) is 38.5 Å².